The zero-order valence-electron chi connectivity index (χ0n) is 15.0. The Morgan fingerprint density at radius 3 is 2.58 bits per heavy atom. The number of ether oxygens (including phenoxy) is 1. The summed E-state index contributed by atoms with van der Waals surface area (Å²) in [5.74, 6) is 0.332. The van der Waals surface area contributed by atoms with Crippen molar-refractivity contribution in [3.05, 3.63) is 18.2 Å². The first kappa shape index (κ1) is 19.4. The summed E-state index contributed by atoms with van der Waals surface area (Å²) >= 11 is 0. The van der Waals surface area contributed by atoms with Crippen molar-refractivity contribution in [2.75, 3.05) is 23.2 Å². The summed E-state index contributed by atoms with van der Waals surface area (Å²) in [5.41, 5.74) is 0.375. The normalized spacial score (nSPS) is 21.0. The van der Waals surface area contributed by atoms with E-state index >= 15 is 0 Å². The van der Waals surface area contributed by atoms with Crippen LogP contribution in [0.25, 0.3) is 0 Å². The van der Waals surface area contributed by atoms with Crippen LogP contribution in [0, 0.1) is 0 Å². The van der Waals surface area contributed by atoms with Crippen molar-refractivity contribution in [1.29, 1.82) is 0 Å². The number of benzene rings is 1. The lowest BCUT2D eigenvalue weighted by molar-refractivity contribution is 0.331. The average Bonchev–Trinajstić information content (AvgIpc) is 3.07. The summed E-state index contributed by atoms with van der Waals surface area (Å²) in [6.07, 6.45) is 5.06. The van der Waals surface area contributed by atoms with Crippen LogP contribution in [0.5, 0.6) is 5.75 Å². The highest BCUT2D eigenvalue weighted by molar-refractivity contribution is 7.92. The van der Waals surface area contributed by atoms with Crippen LogP contribution < -0.4 is 13.8 Å². The SMILES string of the molecule is CCOc1ccc(N2CCCCS2(=O)=O)cc1S(=O)(=O)NC1CCCC1. The second-order valence-corrected chi connectivity index (χ2v) is 10.5. The molecule has 1 aliphatic carbocycles. The first-order chi connectivity index (χ1) is 12.3. The van der Waals surface area contributed by atoms with E-state index in [2.05, 4.69) is 4.72 Å². The summed E-state index contributed by atoms with van der Waals surface area (Å²) in [4.78, 5) is 0.00419. The van der Waals surface area contributed by atoms with Gasteiger partial charge in [-0.15, -0.1) is 0 Å². The Kier molecular flexibility index (Phi) is 5.78. The Morgan fingerprint density at radius 1 is 1.19 bits per heavy atom. The van der Waals surface area contributed by atoms with Gasteiger partial charge in [-0.25, -0.2) is 21.6 Å². The third-order valence-electron chi connectivity index (χ3n) is 4.83. The molecular weight excluding hydrogens is 376 g/mol. The van der Waals surface area contributed by atoms with Crippen LogP contribution in [0.1, 0.15) is 45.4 Å². The lowest BCUT2D eigenvalue weighted by atomic mass is 10.2. The molecule has 1 aromatic rings. The van der Waals surface area contributed by atoms with Gasteiger partial charge in [-0.1, -0.05) is 12.8 Å². The molecule has 1 saturated heterocycles. The molecule has 1 aromatic carbocycles. The zero-order chi connectivity index (χ0) is 18.8. The summed E-state index contributed by atoms with van der Waals surface area (Å²) in [6, 6.07) is 4.51. The minimum Gasteiger partial charge on any atom is -0.492 e. The van der Waals surface area contributed by atoms with Gasteiger partial charge in [0, 0.05) is 12.6 Å². The van der Waals surface area contributed by atoms with Crippen LogP contribution in [0.4, 0.5) is 5.69 Å². The van der Waals surface area contributed by atoms with E-state index in [0.29, 0.717) is 25.3 Å². The van der Waals surface area contributed by atoms with Gasteiger partial charge in [0.1, 0.15) is 10.6 Å². The van der Waals surface area contributed by atoms with Crippen LogP contribution in [-0.4, -0.2) is 41.8 Å². The molecule has 0 amide bonds. The molecule has 0 radical (unpaired) electrons. The molecule has 1 aliphatic heterocycles. The fraction of sp³-hybridized carbons (Fsp3) is 0.647. The maximum atomic E-state index is 12.9. The van der Waals surface area contributed by atoms with Gasteiger partial charge in [0.05, 0.1) is 18.0 Å². The molecule has 1 N–H and O–H groups in total. The Balaban J connectivity index is 1.98. The number of sulfonamides is 2. The van der Waals surface area contributed by atoms with Gasteiger partial charge < -0.3 is 4.74 Å². The van der Waals surface area contributed by atoms with Crippen molar-refractivity contribution < 1.29 is 21.6 Å². The maximum absolute atomic E-state index is 12.9. The fourth-order valence-electron chi connectivity index (χ4n) is 3.54. The van der Waals surface area contributed by atoms with Gasteiger partial charge >= 0.3 is 0 Å². The lowest BCUT2D eigenvalue weighted by Gasteiger charge is -2.29. The molecule has 0 spiro atoms. The molecule has 1 saturated carbocycles. The predicted octanol–water partition coefficient (Wildman–Crippen LogP) is 2.24. The van der Waals surface area contributed by atoms with Gasteiger partial charge in [0.15, 0.2) is 0 Å². The third kappa shape index (κ3) is 4.15. The largest absolute Gasteiger partial charge is 0.492 e. The van der Waals surface area contributed by atoms with Gasteiger partial charge in [-0.05, 0) is 50.8 Å². The van der Waals surface area contributed by atoms with E-state index in [1.54, 1.807) is 19.1 Å². The molecule has 0 aromatic heterocycles. The number of nitrogens with zero attached hydrogens (tertiary/aromatic N) is 1. The highest BCUT2D eigenvalue weighted by Gasteiger charge is 2.30. The van der Waals surface area contributed by atoms with Crippen molar-refractivity contribution >= 4 is 25.7 Å². The van der Waals surface area contributed by atoms with E-state index < -0.39 is 20.0 Å². The first-order valence-electron chi connectivity index (χ1n) is 9.13. The fourth-order valence-corrected chi connectivity index (χ4v) is 6.64. The van der Waals surface area contributed by atoms with E-state index in [0.717, 1.165) is 32.1 Å². The first-order valence-corrected chi connectivity index (χ1v) is 12.2. The van der Waals surface area contributed by atoms with E-state index in [1.165, 1.54) is 10.4 Å². The van der Waals surface area contributed by atoms with Crippen molar-refractivity contribution in [3.63, 3.8) is 0 Å². The highest BCUT2D eigenvalue weighted by atomic mass is 32.2. The Labute approximate surface area is 155 Å². The van der Waals surface area contributed by atoms with Crippen LogP contribution >= 0.6 is 0 Å². The molecule has 0 atom stereocenters. The minimum atomic E-state index is -3.79. The maximum Gasteiger partial charge on any atom is 0.244 e. The standard InChI is InChI=1S/C17H26N2O5S2/c1-2-24-16-10-9-15(19-11-5-6-12-25(19,20)21)13-17(16)26(22,23)18-14-7-3-4-8-14/h9-10,13-14,18H,2-8,11-12H2,1H3. The second kappa shape index (κ2) is 7.74. The van der Waals surface area contributed by atoms with Crippen molar-refractivity contribution in [1.82, 2.24) is 4.72 Å². The highest BCUT2D eigenvalue weighted by Crippen LogP contribution is 2.32. The Morgan fingerprint density at radius 2 is 1.92 bits per heavy atom. The topological polar surface area (TPSA) is 92.8 Å². The predicted molar refractivity (Wildman–Crippen MR) is 101 cm³/mol. The molecule has 7 nitrogen and oxygen atoms in total. The second-order valence-electron chi connectivity index (χ2n) is 6.76. The van der Waals surface area contributed by atoms with E-state index in [9.17, 15) is 16.8 Å². The van der Waals surface area contributed by atoms with Crippen molar-refractivity contribution in [2.45, 2.75) is 56.4 Å². The zero-order valence-corrected chi connectivity index (χ0v) is 16.6. The number of hydrogen-bond donors (Lipinski definition) is 1. The molecule has 2 aliphatic rings. The van der Waals surface area contributed by atoms with Crippen LogP contribution in [0.3, 0.4) is 0 Å². The van der Waals surface area contributed by atoms with Gasteiger partial charge in [0.25, 0.3) is 0 Å². The summed E-state index contributed by atoms with van der Waals surface area (Å²) in [7, 11) is -7.20. The lowest BCUT2D eigenvalue weighted by Crippen LogP contribution is -2.38. The molecule has 3 rings (SSSR count). The monoisotopic (exact) mass is 402 g/mol. The molecule has 2 fully saturated rings. The van der Waals surface area contributed by atoms with Gasteiger partial charge in [-0.3, -0.25) is 4.31 Å². The molecule has 26 heavy (non-hydrogen) atoms. The number of nitrogens with one attached hydrogen (secondary N) is 1. The molecular formula is C17H26N2O5S2. The summed E-state index contributed by atoms with van der Waals surface area (Å²) in [6.45, 7) is 2.48. The number of hydrogen-bond acceptors (Lipinski definition) is 5. The Hall–Kier alpha value is -1.32. The van der Waals surface area contributed by atoms with E-state index in [4.69, 9.17) is 4.74 Å². The van der Waals surface area contributed by atoms with E-state index in [1.807, 2.05) is 0 Å². The smallest absolute Gasteiger partial charge is 0.244 e. The summed E-state index contributed by atoms with van der Waals surface area (Å²) in [5, 5.41) is 0. The molecule has 146 valence electrons. The molecule has 1 heterocycles. The number of anilines is 1. The van der Waals surface area contributed by atoms with Crippen molar-refractivity contribution in [3.8, 4) is 5.75 Å². The Bertz CT molecular complexity index is 846. The van der Waals surface area contributed by atoms with Gasteiger partial charge in [0.2, 0.25) is 20.0 Å². The molecule has 0 bridgehead atoms. The van der Waals surface area contributed by atoms with Crippen LogP contribution in [-0.2, 0) is 20.0 Å². The van der Waals surface area contributed by atoms with Crippen LogP contribution in [0.15, 0.2) is 23.1 Å². The van der Waals surface area contributed by atoms with Crippen molar-refractivity contribution in [2.24, 2.45) is 0 Å². The molecule has 9 heteroatoms. The average molecular weight is 403 g/mol. The third-order valence-corrected chi connectivity index (χ3v) is 8.24. The minimum absolute atomic E-state index is 0.00419. The summed E-state index contributed by atoms with van der Waals surface area (Å²) < 4.78 is 60.1. The van der Waals surface area contributed by atoms with E-state index in [-0.39, 0.29) is 22.4 Å². The number of rotatable bonds is 6. The molecule has 0 unspecified atom stereocenters. The quantitative estimate of drug-likeness (QED) is 0.788. The van der Waals surface area contributed by atoms with Crippen LogP contribution in [0.2, 0.25) is 0 Å². The van der Waals surface area contributed by atoms with Gasteiger partial charge in [-0.2, -0.15) is 0 Å².